The third-order valence-corrected chi connectivity index (χ3v) is 4.66. The fourth-order valence-electron chi connectivity index (χ4n) is 3.11. The number of rotatable bonds is 3. The summed E-state index contributed by atoms with van der Waals surface area (Å²) in [5, 5.41) is 6.31. The molecule has 1 amide bonds. The Bertz CT molecular complexity index is 555. The van der Waals surface area contributed by atoms with Crippen LogP contribution in [0, 0.1) is 23.5 Å². The highest BCUT2D eigenvalue weighted by molar-refractivity contribution is 5.85. The molecule has 1 aliphatic carbocycles. The molecule has 1 aliphatic heterocycles. The molecule has 1 saturated carbocycles. The van der Waals surface area contributed by atoms with Crippen LogP contribution in [0.3, 0.4) is 0 Å². The van der Waals surface area contributed by atoms with Crippen LogP contribution in [0.5, 0.6) is 0 Å². The van der Waals surface area contributed by atoms with E-state index in [4.69, 9.17) is 0 Å². The second kappa shape index (κ2) is 6.92. The third kappa shape index (κ3) is 3.41. The van der Waals surface area contributed by atoms with E-state index in [0.717, 1.165) is 25.6 Å². The highest BCUT2D eigenvalue weighted by Gasteiger charge is 2.46. The van der Waals surface area contributed by atoms with Gasteiger partial charge in [0, 0.05) is 18.5 Å². The van der Waals surface area contributed by atoms with E-state index in [2.05, 4.69) is 17.6 Å². The molecule has 6 heteroatoms. The lowest BCUT2D eigenvalue weighted by Gasteiger charge is -2.30. The standard InChI is InChI=1S/C16H20F2N2O.ClH/c1-9-5-6-19-8-14(9)20-16(21)12-7-11(12)10-3-2-4-13(17)15(10)18;/h2-4,9,11-12,14,19H,5-8H2,1H3,(H,20,21);1H. The number of halogens is 3. The summed E-state index contributed by atoms with van der Waals surface area (Å²) in [6, 6.07) is 4.30. The van der Waals surface area contributed by atoms with Crippen molar-refractivity contribution in [2.24, 2.45) is 11.8 Å². The number of amides is 1. The smallest absolute Gasteiger partial charge is 0.224 e. The first-order valence-electron chi connectivity index (χ1n) is 7.53. The molecule has 3 nitrogen and oxygen atoms in total. The van der Waals surface area contributed by atoms with Gasteiger partial charge in [-0.3, -0.25) is 4.79 Å². The molecule has 0 radical (unpaired) electrons. The highest BCUT2D eigenvalue weighted by atomic mass is 35.5. The highest BCUT2D eigenvalue weighted by Crippen LogP contribution is 2.48. The van der Waals surface area contributed by atoms with Gasteiger partial charge in [0.25, 0.3) is 0 Å². The van der Waals surface area contributed by atoms with Crippen molar-refractivity contribution in [2.75, 3.05) is 13.1 Å². The molecule has 1 aromatic carbocycles. The number of piperidine rings is 1. The van der Waals surface area contributed by atoms with Gasteiger partial charge in [0.1, 0.15) is 0 Å². The second-order valence-electron chi connectivity index (χ2n) is 6.18. The molecule has 22 heavy (non-hydrogen) atoms. The van der Waals surface area contributed by atoms with Crippen molar-refractivity contribution in [3.05, 3.63) is 35.4 Å². The van der Waals surface area contributed by atoms with Crippen LogP contribution in [0.2, 0.25) is 0 Å². The van der Waals surface area contributed by atoms with Crippen LogP contribution in [0.15, 0.2) is 18.2 Å². The average molecular weight is 331 g/mol. The van der Waals surface area contributed by atoms with Crippen molar-refractivity contribution in [1.82, 2.24) is 10.6 Å². The fourth-order valence-corrected chi connectivity index (χ4v) is 3.11. The van der Waals surface area contributed by atoms with E-state index in [-0.39, 0.29) is 36.2 Å². The molecule has 122 valence electrons. The first-order valence-corrected chi connectivity index (χ1v) is 7.53. The molecule has 1 heterocycles. The lowest BCUT2D eigenvalue weighted by atomic mass is 9.94. The van der Waals surface area contributed by atoms with Crippen LogP contribution >= 0.6 is 12.4 Å². The lowest BCUT2D eigenvalue weighted by Crippen LogP contribution is -2.50. The average Bonchev–Trinajstić information content (AvgIpc) is 3.25. The van der Waals surface area contributed by atoms with Crippen molar-refractivity contribution < 1.29 is 13.6 Å². The quantitative estimate of drug-likeness (QED) is 0.894. The lowest BCUT2D eigenvalue weighted by molar-refractivity contribution is -0.123. The summed E-state index contributed by atoms with van der Waals surface area (Å²) in [6.45, 7) is 3.88. The van der Waals surface area contributed by atoms with Crippen molar-refractivity contribution >= 4 is 18.3 Å². The van der Waals surface area contributed by atoms with E-state index in [1.54, 1.807) is 6.07 Å². The molecule has 1 saturated heterocycles. The Morgan fingerprint density at radius 2 is 2.14 bits per heavy atom. The predicted octanol–water partition coefficient (Wildman–Crippen LogP) is 2.60. The van der Waals surface area contributed by atoms with E-state index >= 15 is 0 Å². The van der Waals surface area contributed by atoms with Crippen LogP contribution in [0.25, 0.3) is 0 Å². The van der Waals surface area contributed by atoms with E-state index in [9.17, 15) is 13.6 Å². The van der Waals surface area contributed by atoms with Crippen molar-refractivity contribution in [3.63, 3.8) is 0 Å². The summed E-state index contributed by atoms with van der Waals surface area (Å²) in [7, 11) is 0. The largest absolute Gasteiger partial charge is 0.352 e. The number of carbonyl (C=O) groups is 1. The van der Waals surface area contributed by atoms with Crippen LogP contribution in [-0.4, -0.2) is 25.0 Å². The molecule has 3 rings (SSSR count). The Hall–Kier alpha value is -1.20. The van der Waals surface area contributed by atoms with Gasteiger partial charge in [-0.05, 0) is 42.9 Å². The summed E-state index contributed by atoms with van der Waals surface area (Å²) in [6.07, 6.45) is 1.64. The van der Waals surface area contributed by atoms with Crippen LogP contribution < -0.4 is 10.6 Å². The molecule has 2 aliphatic rings. The normalized spacial score (nSPS) is 30.3. The molecule has 0 aromatic heterocycles. The van der Waals surface area contributed by atoms with Gasteiger partial charge in [-0.1, -0.05) is 19.1 Å². The predicted molar refractivity (Wildman–Crippen MR) is 83.0 cm³/mol. The van der Waals surface area contributed by atoms with E-state index in [1.165, 1.54) is 6.07 Å². The third-order valence-electron chi connectivity index (χ3n) is 4.66. The van der Waals surface area contributed by atoms with Crippen LogP contribution in [-0.2, 0) is 4.79 Å². The number of hydrogen-bond acceptors (Lipinski definition) is 2. The SMILES string of the molecule is CC1CCNCC1NC(=O)C1CC1c1cccc(F)c1F.Cl. The van der Waals surface area contributed by atoms with Gasteiger partial charge in [0.15, 0.2) is 11.6 Å². The van der Waals surface area contributed by atoms with Crippen molar-refractivity contribution in [3.8, 4) is 0 Å². The van der Waals surface area contributed by atoms with Gasteiger partial charge in [-0.2, -0.15) is 0 Å². The number of carbonyl (C=O) groups excluding carboxylic acids is 1. The maximum Gasteiger partial charge on any atom is 0.224 e. The summed E-state index contributed by atoms with van der Waals surface area (Å²) < 4.78 is 27.0. The zero-order chi connectivity index (χ0) is 15.0. The minimum Gasteiger partial charge on any atom is -0.352 e. The Balaban J connectivity index is 0.00000176. The second-order valence-corrected chi connectivity index (χ2v) is 6.18. The van der Waals surface area contributed by atoms with Gasteiger partial charge in [-0.25, -0.2) is 8.78 Å². The van der Waals surface area contributed by atoms with Crippen molar-refractivity contribution in [2.45, 2.75) is 31.7 Å². The van der Waals surface area contributed by atoms with Gasteiger partial charge in [0.2, 0.25) is 5.91 Å². The monoisotopic (exact) mass is 330 g/mol. The van der Waals surface area contributed by atoms with Crippen LogP contribution in [0.4, 0.5) is 8.78 Å². The Kier molecular flexibility index (Phi) is 5.40. The minimum atomic E-state index is -0.844. The molecule has 4 atom stereocenters. The molecule has 2 fully saturated rings. The topological polar surface area (TPSA) is 41.1 Å². The molecule has 2 N–H and O–H groups in total. The maximum atomic E-state index is 13.7. The van der Waals surface area contributed by atoms with E-state index in [0.29, 0.717) is 17.9 Å². The number of benzene rings is 1. The Labute approximate surface area is 135 Å². The zero-order valence-electron chi connectivity index (χ0n) is 12.4. The van der Waals surface area contributed by atoms with Crippen LogP contribution in [0.1, 0.15) is 31.2 Å². The maximum absolute atomic E-state index is 13.7. The van der Waals surface area contributed by atoms with Gasteiger partial charge in [0.05, 0.1) is 0 Å². The summed E-state index contributed by atoms with van der Waals surface area (Å²) in [5.74, 6) is -1.67. The summed E-state index contributed by atoms with van der Waals surface area (Å²) in [5.41, 5.74) is 0.324. The molecule has 1 aromatic rings. The molecular weight excluding hydrogens is 310 g/mol. The van der Waals surface area contributed by atoms with E-state index in [1.807, 2.05) is 0 Å². The summed E-state index contributed by atoms with van der Waals surface area (Å²) in [4.78, 5) is 12.2. The first-order chi connectivity index (χ1) is 10.1. The Morgan fingerprint density at radius 3 is 2.86 bits per heavy atom. The van der Waals surface area contributed by atoms with Crippen molar-refractivity contribution in [1.29, 1.82) is 0 Å². The van der Waals surface area contributed by atoms with Gasteiger partial charge >= 0.3 is 0 Å². The minimum absolute atomic E-state index is 0. The fraction of sp³-hybridized carbons (Fsp3) is 0.562. The van der Waals surface area contributed by atoms with Gasteiger partial charge < -0.3 is 10.6 Å². The number of hydrogen-bond donors (Lipinski definition) is 2. The Morgan fingerprint density at radius 1 is 1.36 bits per heavy atom. The van der Waals surface area contributed by atoms with Gasteiger partial charge in [-0.15, -0.1) is 12.4 Å². The number of nitrogens with one attached hydrogen (secondary N) is 2. The molecule has 0 bridgehead atoms. The molecule has 4 unspecified atom stereocenters. The molecule has 0 spiro atoms. The zero-order valence-corrected chi connectivity index (χ0v) is 13.3. The first kappa shape index (κ1) is 17.2. The molecular formula is C16H21ClF2N2O. The summed E-state index contributed by atoms with van der Waals surface area (Å²) >= 11 is 0. The van der Waals surface area contributed by atoms with E-state index < -0.39 is 11.6 Å².